The minimum Gasteiger partial charge on any atom is -0.454 e. The SMILES string of the molecule is CCN(CC(=O)NCc1ccc(Cl)cc1)Cc1ccc2c(c1)OCO2. The van der Waals surface area contributed by atoms with E-state index in [9.17, 15) is 4.79 Å². The van der Waals surface area contributed by atoms with E-state index < -0.39 is 0 Å². The van der Waals surface area contributed by atoms with Crippen LogP contribution in [-0.2, 0) is 17.9 Å². The molecule has 0 unspecified atom stereocenters. The van der Waals surface area contributed by atoms with E-state index in [0.717, 1.165) is 29.2 Å². The normalized spacial score (nSPS) is 12.4. The predicted octanol–water partition coefficient (Wildman–Crippen LogP) is 3.21. The van der Waals surface area contributed by atoms with E-state index in [1.807, 2.05) is 49.4 Å². The van der Waals surface area contributed by atoms with Gasteiger partial charge in [-0.25, -0.2) is 0 Å². The van der Waals surface area contributed by atoms with Crippen molar-refractivity contribution >= 4 is 17.5 Å². The van der Waals surface area contributed by atoms with Crippen LogP contribution in [0, 0.1) is 0 Å². The molecule has 1 aliphatic rings. The largest absolute Gasteiger partial charge is 0.454 e. The highest BCUT2D eigenvalue weighted by molar-refractivity contribution is 6.30. The van der Waals surface area contributed by atoms with Crippen molar-refractivity contribution in [1.82, 2.24) is 10.2 Å². The van der Waals surface area contributed by atoms with Gasteiger partial charge in [-0.3, -0.25) is 9.69 Å². The Morgan fingerprint density at radius 3 is 2.60 bits per heavy atom. The van der Waals surface area contributed by atoms with Gasteiger partial charge in [-0.1, -0.05) is 36.7 Å². The van der Waals surface area contributed by atoms with Crippen LogP contribution in [0.2, 0.25) is 5.02 Å². The molecule has 0 saturated carbocycles. The van der Waals surface area contributed by atoms with Gasteiger partial charge in [0.05, 0.1) is 6.54 Å². The summed E-state index contributed by atoms with van der Waals surface area (Å²) >= 11 is 5.86. The molecule has 3 rings (SSSR count). The fourth-order valence-corrected chi connectivity index (χ4v) is 2.76. The van der Waals surface area contributed by atoms with Gasteiger partial charge in [0, 0.05) is 18.1 Å². The highest BCUT2D eigenvalue weighted by Crippen LogP contribution is 2.32. The number of carbonyl (C=O) groups is 1. The Morgan fingerprint density at radius 1 is 1.12 bits per heavy atom. The van der Waals surface area contributed by atoms with Crippen LogP contribution in [-0.4, -0.2) is 30.7 Å². The first-order valence-electron chi connectivity index (χ1n) is 8.26. The summed E-state index contributed by atoms with van der Waals surface area (Å²) in [6.07, 6.45) is 0. The fraction of sp³-hybridized carbons (Fsp3) is 0.316. The zero-order valence-corrected chi connectivity index (χ0v) is 14.9. The molecule has 0 aromatic heterocycles. The molecule has 0 bridgehead atoms. The van der Waals surface area contributed by atoms with Crippen molar-refractivity contribution in [2.45, 2.75) is 20.0 Å². The van der Waals surface area contributed by atoms with E-state index in [4.69, 9.17) is 21.1 Å². The number of rotatable bonds is 7. The number of carbonyl (C=O) groups excluding carboxylic acids is 1. The molecule has 132 valence electrons. The van der Waals surface area contributed by atoms with Crippen molar-refractivity contribution in [1.29, 1.82) is 0 Å². The van der Waals surface area contributed by atoms with E-state index in [0.29, 0.717) is 24.7 Å². The monoisotopic (exact) mass is 360 g/mol. The van der Waals surface area contributed by atoms with Crippen molar-refractivity contribution in [3.63, 3.8) is 0 Å². The Morgan fingerprint density at radius 2 is 1.84 bits per heavy atom. The summed E-state index contributed by atoms with van der Waals surface area (Å²) in [7, 11) is 0. The number of benzene rings is 2. The highest BCUT2D eigenvalue weighted by Gasteiger charge is 2.15. The van der Waals surface area contributed by atoms with Gasteiger partial charge in [0.15, 0.2) is 11.5 Å². The van der Waals surface area contributed by atoms with Crippen LogP contribution in [0.4, 0.5) is 0 Å². The second-order valence-corrected chi connectivity index (χ2v) is 6.33. The first kappa shape index (κ1) is 17.6. The van der Waals surface area contributed by atoms with Crippen molar-refractivity contribution in [2.24, 2.45) is 0 Å². The zero-order chi connectivity index (χ0) is 17.6. The Balaban J connectivity index is 1.51. The molecule has 1 aliphatic heterocycles. The molecule has 0 aliphatic carbocycles. The number of hydrogen-bond acceptors (Lipinski definition) is 4. The maximum absolute atomic E-state index is 12.2. The zero-order valence-electron chi connectivity index (χ0n) is 14.1. The van der Waals surface area contributed by atoms with Gasteiger partial charge >= 0.3 is 0 Å². The maximum atomic E-state index is 12.2. The number of fused-ring (bicyclic) bond motifs is 1. The molecule has 0 spiro atoms. The number of halogens is 1. The van der Waals surface area contributed by atoms with E-state index >= 15 is 0 Å². The van der Waals surface area contributed by atoms with Gasteiger partial charge in [-0.05, 0) is 41.9 Å². The smallest absolute Gasteiger partial charge is 0.234 e. The summed E-state index contributed by atoms with van der Waals surface area (Å²) in [5.41, 5.74) is 2.12. The molecular weight excluding hydrogens is 340 g/mol. The lowest BCUT2D eigenvalue weighted by Crippen LogP contribution is -2.36. The van der Waals surface area contributed by atoms with Crippen molar-refractivity contribution in [3.8, 4) is 11.5 Å². The molecule has 1 heterocycles. The second kappa shape index (κ2) is 8.23. The lowest BCUT2D eigenvalue weighted by atomic mass is 10.2. The van der Waals surface area contributed by atoms with Crippen LogP contribution in [0.3, 0.4) is 0 Å². The van der Waals surface area contributed by atoms with E-state index in [2.05, 4.69) is 10.2 Å². The molecule has 0 saturated heterocycles. The molecule has 2 aromatic carbocycles. The second-order valence-electron chi connectivity index (χ2n) is 5.89. The molecular formula is C19H21ClN2O3. The number of amides is 1. The summed E-state index contributed by atoms with van der Waals surface area (Å²) in [5, 5.41) is 3.63. The number of hydrogen-bond donors (Lipinski definition) is 1. The predicted molar refractivity (Wildman–Crippen MR) is 96.8 cm³/mol. The highest BCUT2D eigenvalue weighted by atomic mass is 35.5. The van der Waals surface area contributed by atoms with E-state index in [1.54, 1.807) is 0 Å². The average molecular weight is 361 g/mol. The number of ether oxygens (including phenoxy) is 2. The summed E-state index contributed by atoms with van der Waals surface area (Å²) in [6, 6.07) is 13.3. The van der Waals surface area contributed by atoms with Gasteiger partial charge < -0.3 is 14.8 Å². The Hall–Kier alpha value is -2.24. The van der Waals surface area contributed by atoms with Gasteiger partial charge in [0.1, 0.15) is 0 Å². The Labute approximate surface area is 152 Å². The molecule has 0 atom stereocenters. The fourth-order valence-electron chi connectivity index (χ4n) is 2.64. The van der Waals surface area contributed by atoms with Crippen LogP contribution in [0.15, 0.2) is 42.5 Å². The molecule has 5 nitrogen and oxygen atoms in total. The van der Waals surface area contributed by atoms with Gasteiger partial charge in [-0.2, -0.15) is 0 Å². The third kappa shape index (κ3) is 4.87. The van der Waals surface area contributed by atoms with Gasteiger partial charge in [0.25, 0.3) is 0 Å². The lowest BCUT2D eigenvalue weighted by Gasteiger charge is -2.20. The van der Waals surface area contributed by atoms with E-state index in [-0.39, 0.29) is 12.7 Å². The summed E-state index contributed by atoms with van der Waals surface area (Å²) in [5.74, 6) is 1.53. The standard InChI is InChI=1S/C19H21ClN2O3/c1-2-22(11-15-5-8-17-18(9-15)25-13-24-17)12-19(23)21-10-14-3-6-16(20)7-4-14/h3-9H,2,10-13H2,1H3,(H,21,23). The first-order chi connectivity index (χ1) is 12.1. The third-order valence-corrected chi connectivity index (χ3v) is 4.31. The number of likely N-dealkylation sites (N-methyl/N-ethyl adjacent to an activating group) is 1. The molecule has 25 heavy (non-hydrogen) atoms. The minimum atomic E-state index is -0.00227. The first-order valence-corrected chi connectivity index (χ1v) is 8.64. The Kier molecular flexibility index (Phi) is 5.79. The van der Waals surface area contributed by atoms with Crippen LogP contribution >= 0.6 is 11.6 Å². The number of nitrogens with zero attached hydrogens (tertiary/aromatic N) is 1. The summed E-state index contributed by atoms with van der Waals surface area (Å²) < 4.78 is 10.7. The molecule has 1 amide bonds. The molecule has 6 heteroatoms. The number of nitrogens with one attached hydrogen (secondary N) is 1. The minimum absolute atomic E-state index is 0.00227. The van der Waals surface area contributed by atoms with Crippen molar-refractivity contribution in [3.05, 3.63) is 58.6 Å². The lowest BCUT2D eigenvalue weighted by molar-refractivity contribution is -0.122. The van der Waals surface area contributed by atoms with Gasteiger partial charge in [-0.15, -0.1) is 0 Å². The van der Waals surface area contributed by atoms with Crippen LogP contribution < -0.4 is 14.8 Å². The third-order valence-electron chi connectivity index (χ3n) is 4.06. The van der Waals surface area contributed by atoms with Crippen LogP contribution in [0.25, 0.3) is 0 Å². The van der Waals surface area contributed by atoms with Crippen LogP contribution in [0.5, 0.6) is 11.5 Å². The average Bonchev–Trinajstić information content (AvgIpc) is 3.08. The van der Waals surface area contributed by atoms with Crippen LogP contribution in [0.1, 0.15) is 18.1 Å². The molecule has 0 fully saturated rings. The van der Waals surface area contributed by atoms with Crippen molar-refractivity contribution < 1.29 is 14.3 Å². The molecule has 1 N–H and O–H groups in total. The molecule has 0 radical (unpaired) electrons. The summed E-state index contributed by atoms with van der Waals surface area (Å²) in [4.78, 5) is 14.3. The summed E-state index contributed by atoms with van der Waals surface area (Å²) in [6.45, 7) is 4.61. The van der Waals surface area contributed by atoms with Crippen molar-refractivity contribution in [2.75, 3.05) is 19.9 Å². The Bertz CT molecular complexity index is 734. The van der Waals surface area contributed by atoms with E-state index in [1.165, 1.54) is 0 Å². The maximum Gasteiger partial charge on any atom is 0.234 e. The topological polar surface area (TPSA) is 50.8 Å². The molecule has 2 aromatic rings. The van der Waals surface area contributed by atoms with Gasteiger partial charge in [0.2, 0.25) is 12.7 Å². The quantitative estimate of drug-likeness (QED) is 0.823.